The first-order valence-corrected chi connectivity index (χ1v) is 28.3. The highest BCUT2D eigenvalue weighted by Crippen LogP contribution is 2.45. The van der Waals surface area contributed by atoms with E-state index in [0.717, 1.165) is 89.5 Å². The number of rotatable bonds is 10. The maximum atomic E-state index is 17.4. The highest BCUT2D eigenvalue weighted by molar-refractivity contribution is 6.06. The summed E-state index contributed by atoms with van der Waals surface area (Å²) < 4.78 is 51.4. The first-order valence-electron chi connectivity index (χ1n) is 28.3. The van der Waals surface area contributed by atoms with Crippen LogP contribution < -0.4 is 15.0 Å². The second-order valence-corrected chi connectivity index (χ2v) is 23.0. The van der Waals surface area contributed by atoms with E-state index in [0.29, 0.717) is 123 Å². The minimum atomic E-state index is -0.645. The van der Waals surface area contributed by atoms with Gasteiger partial charge in [-0.2, -0.15) is 9.97 Å². The van der Waals surface area contributed by atoms with E-state index >= 15 is 8.78 Å². The number of pyridine rings is 1. The van der Waals surface area contributed by atoms with Gasteiger partial charge in [-0.15, -0.1) is 6.42 Å². The Labute approximate surface area is 452 Å². The number of anilines is 1. The lowest BCUT2D eigenvalue weighted by Gasteiger charge is -2.38. The normalized spacial score (nSPS) is 25.2. The molecule has 0 saturated carbocycles. The SMILES string of the molecule is C#Cc1c(F)ccc2cccc(-c3nc4c5c(nc(OC[C@@]67CCCN6[C@H](COC(=O)N6CCC(CN8CCC(c9ccc%10c(c9)CN(C9CCC(=O)NC9=O)C%10=O)CC8)CC6)CC7)nc5c3F)N3CCCOC[C@@H]3CC4)c12. The van der Waals surface area contributed by atoms with Crippen LogP contribution in [-0.2, 0) is 32.0 Å². The number of carbonyl (C=O) groups is 4. The minimum Gasteiger partial charge on any atom is -0.461 e. The van der Waals surface area contributed by atoms with Gasteiger partial charge in [0.2, 0.25) is 11.8 Å². The van der Waals surface area contributed by atoms with E-state index in [1.165, 1.54) is 11.6 Å². The number of piperidine rings is 3. The molecule has 6 saturated heterocycles. The minimum absolute atomic E-state index is 0.00743. The summed E-state index contributed by atoms with van der Waals surface area (Å²) in [6.45, 7) is 7.96. The van der Waals surface area contributed by atoms with Gasteiger partial charge in [0.25, 0.3) is 5.91 Å². The van der Waals surface area contributed by atoms with Crippen molar-refractivity contribution in [3.05, 3.63) is 88.1 Å². The smallest absolute Gasteiger partial charge is 0.409 e. The van der Waals surface area contributed by atoms with Crippen LogP contribution in [0.3, 0.4) is 0 Å². The molecule has 0 aliphatic carbocycles. The number of hydrogen-bond donors (Lipinski definition) is 1. The average molecular weight is 1060 g/mol. The van der Waals surface area contributed by atoms with Crippen LogP contribution in [-0.4, -0.2) is 154 Å². The quantitative estimate of drug-likeness (QED) is 0.108. The predicted octanol–water partition coefficient (Wildman–Crippen LogP) is 7.51. The number of aryl methyl sites for hydroxylation is 1. The number of nitrogens with one attached hydrogen (secondary N) is 1. The van der Waals surface area contributed by atoms with Gasteiger partial charge in [0, 0.05) is 68.3 Å². The maximum Gasteiger partial charge on any atom is 0.409 e. The largest absolute Gasteiger partial charge is 0.461 e. The summed E-state index contributed by atoms with van der Waals surface area (Å²) >= 11 is 0. The molecule has 10 heterocycles. The molecule has 6 fully saturated rings. The topological polar surface area (TPSA) is 163 Å². The van der Waals surface area contributed by atoms with Crippen molar-refractivity contribution in [1.82, 2.24) is 39.9 Å². The summed E-state index contributed by atoms with van der Waals surface area (Å²) in [5.74, 6) is 1.95. The zero-order chi connectivity index (χ0) is 53.2. The Morgan fingerprint density at radius 2 is 1.72 bits per heavy atom. The molecule has 8 aliphatic heterocycles. The molecule has 0 radical (unpaired) electrons. The van der Waals surface area contributed by atoms with Gasteiger partial charge in [-0.25, -0.2) is 18.6 Å². The average Bonchev–Trinajstić information content (AvgIpc) is 4.11. The molecule has 0 bridgehead atoms. The highest BCUT2D eigenvalue weighted by atomic mass is 19.1. The third-order valence-electron chi connectivity index (χ3n) is 18.5. The van der Waals surface area contributed by atoms with E-state index < -0.39 is 23.6 Å². The van der Waals surface area contributed by atoms with Crippen molar-refractivity contribution >= 4 is 51.3 Å². The lowest BCUT2D eigenvalue weighted by Crippen LogP contribution is -2.52. The molecule has 2 aromatic heterocycles. The zero-order valence-electron chi connectivity index (χ0n) is 44.0. The number of likely N-dealkylation sites (tertiary alicyclic amines) is 2. The van der Waals surface area contributed by atoms with Crippen LogP contribution in [0.5, 0.6) is 6.01 Å². The van der Waals surface area contributed by atoms with Crippen LogP contribution in [0, 0.1) is 29.9 Å². The first-order chi connectivity index (χ1) is 38.0. The lowest BCUT2D eigenvalue weighted by atomic mass is 9.87. The fourth-order valence-electron chi connectivity index (χ4n) is 14.4. The number of nitrogens with zero attached hydrogens (tertiary/aromatic N) is 8. The Balaban J connectivity index is 0.627. The van der Waals surface area contributed by atoms with Crippen molar-refractivity contribution < 1.29 is 42.2 Å². The molecule has 13 rings (SSSR count). The molecule has 406 valence electrons. The highest BCUT2D eigenvalue weighted by Gasteiger charge is 2.50. The Morgan fingerprint density at radius 3 is 2.55 bits per heavy atom. The van der Waals surface area contributed by atoms with E-state index in [1.807, 2.05) is 17.0 Å². The summed E-state index contributed by atoms with van der Waals surface area (Å²) in [7, 11) is 0. The summed E-state index contributed by atoms with van der Waals surface area (Å²) in [6, 6.07) is 14.0. The van der Waals surface area contributed by atoms with Crippen LogP contribution in [0.1, 0.15) is 116 Å². The van der Waals surface area contributed by atoms with Crippen molar-refractivity contribution in [2.75, 3.05) is 77.1 Å². The van der Waals surface area contributed by atoms with Crippen molar-refractivity contribution in [3.8, 4) is 29.6 Å². The van der Waals surface area contributed by atoms with Gasteiger partial charge in [-0.05, 0) is 137 Å². The van der Waals surface area contributed by atoms with Crippen molar-refractivity contribution in [1.29, 1.82) is 0 Å². The maximum absolute atomic E-state index is 17.4. The molecule has 0 spiro atoms. The van der Waals surface area contributed by atoms with Crippen LogP contribution in [0.2, 0.25) is 0 Å². The van der Waals surface area contributed by atoms with Crippen LogP contribution in [0.15, 0.2) is 48.5 Å². The number of imide groups is 1. The Kier molecular flexibility index (Phi) is 13.5. The number of amides is 4. The Hall–Kier alpha value is -6.81. The van der Waals surface area contributed by atoms with Crippen LogP contribution in [0.4, 0.5) is 19.4 Å². The van der Waals surface area contributed by atoms with Gasteiger partial charge in [0.15, 0.2) is 5.82 Å². The molecule has 5 aromatic rings. The van der Waals surface area contributed by atoms with Crippen LogP contribution in [0.25, 0.3) is 32.9 Å². The van der Waals surface area contributed by atoms with E-state index in [-0.39, 0.29) is 64.7 Å². The van der Waals surface area contributed by atoms with E-state index in [1.54, 1.807) is 23.1 Å². The van der Waals surface area contributed by atoms with Gasteiger partial charge in [0.05, 0.1) is 34.8 Å². The number of halogens is 2. The number of ether oxygens (including phenoxy) is 3. The number of hydrogen-bond acceptors (Lipinski definition) is 13. The summed E-state index contributed by atoms with van der Waals surface area (Å²) in [4.78, 5) is 76.7. The first kappa shape index (κ1) is 50.7. The second-order valence-electron chi connectivity index (χ2n) is 23.0. The molecule has 78 heavy (non-hydrogen) atoms. The monoisotopic (exact) mass is 1060 g/mol. The molecule has 16 nitrogen and oxygen atoms in total. The molecule has 4 atom stereocenters. The number of carbonyl (C=O) groups excluding carboxylic acids is 4. The van der Waals surface area contributed by atoms with Gasteiger partial charge in [-0.1, -0.05) is 42.3 Å². The van der Waals surface area contributed by atoms with E-state index in [9.17, 15) is 19.2 Å². The molecule has 4 amide bonds. The lowest BCUT2D eigenvalue weighted by molar-refractivity contribution is -0.136. The zero-order valence-corrected chi connectivity index (χ0v) is 44.0. The molecular weight excluding hydrogens is 997 g/mol. The number of fused-ring (bicyclic) bond motifs is 5. The summed E-state index contributed by atoms with van der Waals surface area (Å²) in [6.07, 6.45) is 15.7. The molecule has 18 heteroatoms. The molecule has 3 aromatic carbocycles. The molecule has 1 unspecified atom stereocenters. The number of aromatic nitrogens is 3. The van der Waals surface area contributed by atoms with E-state index in [4.69, 9.17) is 35.6 Å². The van der Waals surface area contributed by atoms with E-state index in [2.05, 4.69) is 38.1 Å². The van der Waals surface area contributed by atoms with Crippen molar-refractivity contribution in [2.45, 2.75) is 120 Å². The fourth-order valence-corrected chi connectivity index (χ4v) is 14.4. The fraction of sp³-hybridized carbons (Fsp3) is 0.517. The Morgan fingerprint density at radius 1 is 0.859 bits per heavy atom. The van der Waals surface area contributed by atoms with Crippen LogP contribution >= 0.6 is 0 Å². The van der Waals surface area contributed by atoms with Crippen molar-refractivity contribution in [2.24, 2.45) is 5.92 Å². The molecule has 1 N–H and O–H groups in total. The van der Waals surface area contributed by atoms with Crippen molar-refractivity contribution in [3.63, 3.8) is 0 Å². The Bertz CT molecular complexity index is 3280. The number of terminal acetylenes is 1. The molecular formula is C60H65F2N9O7. The standard InChI is InChI=1S/C60H65F2N9O7/c1-2-43-46(61)12-9-38-6-3-7-45(50(38)43)53-52(62)54-51-47(63-53)13-10-41-33-76-29-5-23-69(41)55(51)66-58(65-54)78-35-60-21-4-24-71(60)42(16-22-60)34-77-59(75)68-27-17-36(18-28-68)31-67-25-19-37(20-26-67)39-8-11-44-40(30-39)32-70(57(44)74)48-14-15-49(72)64-56(48)73/h1,3,6-9,11-12,30,36-37,41-42,48H,4-5,10,13-29,31-35H2,(H,64,72,73)/t41-,42-,48?,60-/m0/s1. The van der Waals surface area contributed by atoms with Gasteiger partial charge in [-0.3, -0.25) is 24.6 Å². The van der Waals surface area contributed by atoms with Gasteiger partial charge in [0.1, 0.15) is 42.1 Å². The van der Waals surface area contributed by atoms with Gasteiger partial charge >= 0.3 is 12.1 Å². The third-order valence-corrected chi connectivity index (χ3v) is 18.5. The molecule has 8 aliphatic rings. The number of benzene rings is 3. The predicted molar refractivity (Wildman–Crippen MR) is 287 cm³/mol. The van der Waals surface area contributed by atoms with Gasteiger partial charge < -0.3 is 33.8 Å². The summed E-state index contributed by atoms with van der Waals surface area (Å²) in [5.41, 5.74) is 3.80. The summed E-state index contributed by atoms with van der Waals surface area (Å²) in [5, 5.41) is 4.04. The third kappa shape index (κ3) is 9.18. The second kappa shape index (κ2) is 20.8.